The van der Waals surface area contributed by atoms with Crippen molar-refractivity contribution in [1.29, 1.82) is 0 Å². The molecular weight excluding hydrogens is 1020 g/mol. The molecule has 0 saturated heterocycles. The first-order valence-electron chi connectivity index (χ1n) is 36.8. The van der Waals surface area contributed by atoms with Crippen molar-refractivity contribution in [2.24, 2.45) is 0 Å². The van der Waals surface area contributed by atoms with Crippen molar-refractivity contribution >= 4 is 17.9 Å². The fourth-order valence-electron chi connectivity index (χ4n) is 11.0. The molecular formula is C77H140O6. The van der Waals surface area contributed by atoms with Crippen molar-refractivity contribution in [1.82, 2.24) is 0 Å². The maximum Gasteiger partial charge on any atom is 0.306 e. The van der Waals surface area contributed by atoms with Crippen LogP contribution in [0, 0.1) is 0 Å². The van der Waals surface area contributed by atoms with E-state index in [2.05, 4.69) is 81.5 Å². The first kappa shape index (κ1) is 80.1. The summed E-state index contributed by atoms with van der Waals surface area (Å²) in [6.45, 7) is 6.58. The highest BCUT2D eigenvalue weighted by molar-refractivity contribution is 5.71. The number of rotatable bonds is 68. The lowest BCUT2D eigenvalue weighted by atomic mass is 10.0. The Labute approximate surface area is 517 Å². The topological polar surface area (TPSA) is 78.9 Å². The van der Waals surface area contributed by atoms with Crippen LogP contribution in [0.1, 0.15) is 393 Å². The Balaban J connectivity index is 4.24. The van der Waals surface area contributed by atoms with Crippen LogP contribution in [-0.4, -0.2) is 37.2 Å². The van der Waals surface area contributed by atoms with Crippen LogP contribution in [0.25, 0.3) is 0 Å². The first-order chi connectivity index (χ1) is 41.0. The first-order valence-corrected chi connectivity index (χ1v) is 36.8. The molecule has 0 heterocycles. The third kappa shape index (κ3) is 69.8. The predicted molar refractivity (Wildman–Crippen MR) is 362 cm³/mol. The lowest BCUT2D eigenvalue weighted by Crippen LogP contribution is -2.30. The van der Waals surface area contributed by atoms with E-state index in [0.29, 0.717) is 19.3 Å². The standard InChI is InChI=1S/C77H140O6/c1-4-7-10-13-16-19-22-25-28-30-32-34-35-36-37-38-39-40-41-43-44-46-49-52-55-58-61-64-67-70-76(79)82-73-74(72-81-75(78)69-66-63-60-57-54-51-48-27-24-21-18-15-12-9-6-3)83-77(80)71-68-65-62-59-56-53-50-47-45-42-33-31-29-26-23-20-17-14-11-8-5-2/h9,12,18,21,27,30-33,48,74H,4-8,10-11,13-17,19-20,22-26,28-29,34-47,49-73H2,1-3H3/b12-9-,21-18-,32-30-,33-31-,48-27-. The number of hydrogen-bond donors (Lipinski definition) is 0. The van der Waals surface area contributed by atoms with Crippen molar-refractivity contribution in [2.45, 2.75) is 399 Å². The molecule has 0 aromatic heterocycles. The van der Waals surface area contributed by atoms with Crippen LogP contribution in [0.5, 0.6) is 0 Å². The second kappa shape index (κ2) is 71.6. The quantitative estimate of drug-likeness (QED) is 0.0261. The van der Waals surface area contributed by atoms with Gasteiger partial charge in [0, 0.05) is 19.3 Å². The van der Waals surface area contributed by atoms with Crippen LogP contribution in [0.4, 0.5) is 0 Å². The summed E-state index contributed by atoms with van der Waals surface area (Å²) < 4.78 is 17.0. The second-order valence-electron chi connectivity index (χ2n) is 24.8. The van der Waals surface area contributed by atoms with E-state index in [1.807, 2.05) is 0 Å². The van der Waals surface area contributed by atoms with E-state index in [9.17, 15) is 14.4 Å². The number of ether oxygens (including phenoxy) is 3. The van der Waals surface area contributed by atoms with E-state index < -0.39 is 6.10 Å². The molecule has 1 atom stereocenters. The van der Waals surface area contributed by atoms with Gasteiger partial charge < -0.3 is 14.2 Å². The predicted octanol–water partition coefficient (Wildman–Crippen LogP) is 25.5. The molecule has 0 bridgehead atoms. The molecule has 6 heteroatoms. The molecule has 0 aliphatic carbocycles. The fraction of sp³-hybridized carbons (Fsp3) is 0.831. The zero-order chi connectivity index (χ0) is 59.9. The maximum absolute atomic E-state index is 13.0. The van der Waals surface area contributed by atoms with Gasteiger partial charge in [-0.3, -0.25) is 14.4 Å². The molecule has 1 unspecified atom stereocenters. The Morgan fingerprint density at radius 3 is 0.747 bits per heavy atom. The van der Waals surface area contributed by atoms with E-state index >= 15 is 0 Å². The summed E-state index contributed by atoms with van der Waals surface area (Å²) in [6, 6.07) is 0. The number of unbranched alkanes of at least 4 members (excludes halogenated alkanes) is 47. The summed E-state index contributed by atoms with van der Waals surface area (Å²) in [4.78, 5) is 38.5. The van der Waals surface area contributed by atoms with Crippen LogP contribution in [-0.2, 0) is 28.6 Å². The van der Waals surface area contributed by atoms with E-state index in [-0.39, 0.29) is 31.1 Å². The van der Waals surface area contributed by atoms with Gasteiger partial charge in [0.2, 0.25) is 0 Å². The molecule has 0 aliphatic rings. The summed E-state index contributed by atoms with van der Waals surface area (Å²) in [5, 5.41) is 0. The average Bonchev–Trinajstić information content (AvgIpc) is 3.49. The number of hydrogen-bond acceptors (Lipinski definition) is 6. The van der Waals surface area contributed by atoms with E-state index in [0.717, 1.165) is 96.3 Å². The molecule has 0 rings (SSSR count). The third-order valence-electron chi connectivity index (χ3n) is 16.5. The molecule has 0 radical (unpaired) electrons. The molecule has 6 nitrogen and oxygen atoms in total. The van der Waals surface area contributed by atoms with Gasteiger partial charge in [-0.1, -0.05) is 332 Å². The van der Waals surface area contributed by atoms with Crippen LogP contribution in [0.2, 0.25) is 0 Å². The van der Waals surface area contributed by atoms with Gasteiger partial charge in [-0.2, -0.15) is 0 Å². The van der Waals surface area contributed by atoms with Crippen LogP contribution < -0.4 is 0 Å². The number of esters is 3. The summed E-state index contributed by atoms with van der Waals surface area (Å²) in [5.74, 6) is -0.872. The van der Waals surface area contributed by atoms with Gasteiger partial charge in [0.25, 0.3) is 0 Å². The molecule has 0 fully saturated rings. The summed E-state index contributed by atoms with van der Waals surface area (Å²) in [7, 11) is 0. The molecule has 0 N–H and O–H groups in total. The number of carbonyl (C=O) groups excluding carboxylic acids is 3. The van der Waals surface area contributed by atoms with Gasteiger partial charge in [0.1, 0.15) is 13.2 Å². The van der Waals surface area contributed by atoms with Gasteiger partial charge in [-0.15, -0.1) is 0 Å². The fourth-order valence-corrected chi connectivity index (χ4v) is 11.0. The minimum atomic E-state index is -0.783. The Bertz CT molecular complexity index is 1470. The van der Waals surface area contributed by atoms with Crippen LogP contribution in [0.3, 0.4) is 0 Å². The highest BCUT2D eigenvalue weighted by atomic mass is 16.6. The normalized spacial score (nSPS) is 12.4. The lowest BCUT2D eigenvalue weighted by molar-refractivity contribution is -0.167. The molecule has 0 saturated carbocycles. The minimum absolute atomic E-state index is 0.0772. The third-order valence-corrected chi connectivity index (χ3v) is 16.5. The van der Waals surface area contributed by atoms with Gasteiger partial charge in [-0.25, -0.2) is 0 Å². The van der Waals surface area contributed by atoms with Crippen molar-refractivity contribution in [2.75, 3.05) is 13.2 Å². The summed E-state index contributed by atoms with van der Waals surface area (Å²) in [5.41, 5.74) is 0. The maximum atomic E-state index is 13.0. The average molecular weight is 1160 g/mol. The van der Waals surface area contributed by atoms with Crippen LogP contribution in [0.15, 0.2) is 60.8 Å². The van der Waals surface area contributed by atoms with Crippen molar-refractivity contribution < 1.29 is 28.6 Å². The molecule has 0 amide bonds. The van der Waals surface area contributed by atoms with Gasteiger partial charge in [0.15, 0.2) is 6.10 Å². The number of allylic oxidation sites excluding steroid dienone is 10. The Hall–Kier alpha value is -2.89. The van der Waals surface area contributed by atoms with Crippen LogP contribution >= 0.6 is 0 Å². The SMILES string of the molecule is CC/C=C\C/C=C\C/C=C\CCCCCCCC(=O)OCC(COC(=O)CCCCCCCCCCCCCCCCCCC/C=C\CCCCCCCCCC)OC(=O)CCCCCCCCCCC/C=C\CCCCCCCCCC. The Morgan fingerprint density at radius 2 is 0.470 bits per heavy atom. The molecule has 0 spiro atoms. The highest BCUT2D eigenvalue weighted by Crippen LogP contribution is 2.18. The Kier molecular flexibility index (Phi) is 69.1. The number of carbonyl (C=O) groups is 3. The summed E-state index contributed by atoms with van der Waals surface area (Å²) >= 11 is 0. The lowest BCUT2D eigenvalue weighted by Gasteiger charge is -2.18. The van der Waals surface area contributed by atoms with Gasteiger partial charge >= 0.3 is 17.9 Å². The monoisotopic (exact) mass is 1160 g/mol. The molecule has 83 heavy (non-hydrogen) atoms. The molecule has 0 aromatic carbocycles. The van der Waals surface area contributed by atoms with Gasteiger partial charge in [0.05, 0.1) is 0 Å². The minimum Gasteiger partial charge on any atom is -0.462 e. The van der Waals surface area contributed by atoms with Crippen molar-refractivity contribution in [3.63, 3.8) is 0 Å². The zero-order valence-corrected chi connectivity index (χ0v) is 55.7. The largest absolute Gasteiger partial charge is 0.462 e. The van der Waals surface area contributed by atoms with Crippen molar-refractivity contribution in [3.05, 3.63) is 60.8 Å². The highest BCUT2D eigenvalue weighted by Gasteiger charge is 2.19. The van der Waals surface area contributed by atoms with E-state index in [1.54, 1.807) is 0 Å². The molecule has 484 valence electrons. The zero-order valence-electron chi connectivity index (χ0n) is 55.7. The Morgan fingerprint density at radius 1 is 0.253 bits per heavy atom. The molecule has 0 aromatic rings. The van der Waals surface area contributed by atoms with E-state index in [1.165, 1.54) is 257 Å². The second-order valence-corrected chi connectivity index (χ2v) is 24.8. The molecule has 0 aliphatic heterocycles. The van der Waals surface area contributed by atoms with Crippen molar-refractivity contribution in [3.8, 4) is 0 Å². The van der Waals surface area contributed by atoms with Gasteiger partial charge in [-0.05, 0) is 103 Å². The smallest absolute Gasteiger partial charge is 0.306 e. The summed E-state index contributed by atoms with van der Waals surface area (Å²) in [6.07, 6.45) is 92.7. The van der Waals surface area contributed by atoms with E-state index in [4.69, 9.17) is 14.2 Å².